The van der Waals surface area contributed by atoms with Crippen LogP contribution in [-0.4, -0.2) is 20.7 Å². The molecule has 1 unspecified atom stereocenters. The van der Waals surface area contributed by atoms with Gasteiger partial charge in [0, 0.05) is 6.42 Å². The van der Waals surface area contributed by atoms with Crippen molar-refractivity contribution in [1.29, 1.82) is 0 Å². The van der Waals surface area contributed by atoms with Crippen molar-refractivity contribution in [3.63, 3.8) is 0 Å². The fourth-order valence-corrected chi connectivity index (χ4v) is 2.41. The quantitative estimate of drug-likeness (QED) is 0.718. The van der Waals surface area contributed by atoms with Gasteiger partial charge >= 0.3 is 0 Å². The molecule has 2 aromatic carbocycles. The summed E-state index contributed by atoms with van der Waals surface area (Å²) in [6, 6.07) is 17.3. The summed E-state index contributed by atoms with van der Waals surface area (Å²) < 4.78 is 7.41. The lowest BCUT2D eigenvalue weighted by Crippen LogP contribution is -2.27. The van der Waals surface area contributed by atoms with Crippen LogP contribution in [0.4, 0.5) is 0 Å². The normalized spacial score (nSPS) is 11.7. The van der Waals surface area contributed by atoms with Crippen LogP contribution in [0.1, 0.15) is 24.9 Å². The number of amides is 1. The molecule has 1 aromatic heterocycles. The molecule has 0 saturated carbocycles. The molecular weight excluding hydrogens is 316 g/mol. The van der Waals surface area contributed by atoms with Gasteiger partial charge in [-0.25, -0.2) is 4.98 Å². The highest BCUT2D eigenvalue weighted by Gasteiger charge is 2.10. The maximum Gasteiger partial charge on any atom is 0.222 e. The first-order chi connectivity index (χ1) is 12.2. The van der Waals surface area contributed by atoms with Crippen LogP contribution < -0.4 is 10.1 Å². The van der Waals surface area contributed by atoms with Crippen LogP contribution in [0.15, 0.2) is 67.3 Å². The third-order valence-corrected chi connectivity index (χ3v) is 3.77. The molecule has 0 aliphatic rings. The number of aromatic nitrogens is 3. The van der Waals surface area contributed by atoms with Gasteiger partial charge in [0.25, 0.3) is 0 Å². The van der Waals surface area contributed by atoms with Crippen LogP contribution in [0.25, 0.3) is 0 Å². The van der Waals surface area contributed by atoms with Crippen molar-refractivity contribution in [2.75, 3.05) is 0 Å². The average Bonchev–Trinajstić information content (AvgIpc) is 3.15. The Bertz CT molecular complexity index is 786. The highest BCUT2D eigenvalue weighted by molar-refractivity contribution is 5.76. The summed E-state index contributed by atoms with van der Waals surface area (Å²) in [5.41, 5.74) is 1.02. The maximum atomic E-state index is 12.0. The van der Waals surface area contributed by atoms with Gasteiger partial charge in [-0.1, -0.05) is 30.3 Å². The first-order valence-corrected chi connectivity index (χ1v) is 8.15. The van der Waals surface area contributed by atoms with Crippen molar-refractivity contribution in [3.05, 3.63) is 72.8 Å². The third-order valence-electron chi connectivity index (χ3n) is 3.77. The number of aryl methyl sites for hydroxylation is 1. The van der Waals surface area contributed by atoms with Gasteiger partial charge in [-0.05, 0) is 36.8 Å². The van der Waals surface area contributed by atoms with Crippen molar-refractivity contribution in [1.82, 2.24) is 20.1 Å². The average molecular weight is 336 g/mol. The highest BCUT2D eigenvalue weighted by Crippen LogP contribution is 2.23. The van der Waals surface area contributed by atoms with Crippen molar-refractivity contribution >= 4 is 5.91 Å². The molecule has 0 radical (unpaired) electrons. The summed E-state index contributed by atoms with van der Waals surface area (Å²) in [4.78, 5) is 15.9. The topological polar surface area (TPSA) is 69.0 Å². The number of rotatable bonds is 7. The molecule has 1 amide bonds. The fourth-order valence-electron chi connectivity index (χ4n) is 2.41. The molecule has 0 fully saturated rings. The first-order valence-electron chi connectivity index (χ1n) is 8.15. The predicted octanol–water partition coefficient (Wildman–Crippen LogP) is 3.34. The molecule has 1 atom stereocenters. The largest absolute Gasteiger partial charge is 0.457 e. The number of carbonyl (C=O) groups is 1. The molecule has 128 valence electrons. The Labute approximate surface area is 146 Å². The molecule has 3 rings (SSSR count). The van der Waals surface area contributed by atoms with Crippen LogP contribution in [0, 0.1) is 0 Å². The zero-order valence-corrected chi connectivity index (χ0v) is 14.0. The molecule has 1 N–H and O–H groups in total. The van der Waals surface area contributed by atoms with Crippen LogP contribution in [0.2, 0.25) is 0 Å². The van der Waals surface area contributed by atoms with E-state index in [9.17, 15) is 4.79 Å². The first kappa shape index (κ1) is 16.7. The summed E-state index contributed by atoms with van der Waals surface area (Å²) in [5, 5.41) is 6.97. The zero-order chi connectivity index (χ0) is 17.5. The Kier molecular flexibility index (Phi) is 5.41. The summed E-state index contributed by atoms with van der Waals surface area (Å²) in [7, 11) is 0. The lowest BCUT2D eigenvalue weighted by atomic mass is 10.1. The number of nitrogens with zero attached hydrogens (tertiary/aromatic N) is 3. The van der Waals surface area contributed by atoms with Gasteiger partial charge in [0.05, 0.1) is 12.6 Å². The lowest BCUT2D eigenvalue weighted by molar-refractivity contribution is -0.122. The number of nitrogens with one attached hydrogen (secondary N) is 1. The van der Waals surface area contributed by atoms with E-state index in [1.165, 1.54) is 6.33 Å². The second-order valence-electron chi connectivity index (χ2n) is 5.68. The van der Waals surface area contributed by atoms with Crippen LogP contribution in [0.3, 0.4) is 0 Å². The second kappa shape index (κ2) is 8.10. The highest BCUT2D eigenvalue weighted by atomic mass is 16.5. The van der Waals surface area contributed by atoms with E-state index in [0.29, 0.717) is 13.0 Å². The SMILES string of the molecule is CC(NC(=O)CCn1cncn1)c1ccc(Oc2ccccc2)cc1. The van der Waals surface area contributed by atoms with E-state index in [2.05, 4.69) is 15.4 Å². The summed E-state index contributed by atoms with van der Waals surface area (Å²) in [6.45, 7) is 2.48. The van der Waals surface area contributed by atoms with Crippen molar-refractivity contribution in [3.8, 4) is 11.5 Å². The number of hydrogen-bond donors (Lipinski definition) is 1. The summed E-state index contributed by atoms with van der Waals surface area (Å²) >= 11 is 0. The van der Waals surface area contributed by atoms with Crippen molar-refractivity contribution in [2.24, 2.45) is 0 Å². The number of benzene rings is 2. The van der Waals surface area contributed by atoms with Crippen LogP contribution >= 0.6 is 0 Å². The smallest absolute Gasteiger partial charge is 0.222 e. The van der Waals surface area contributed by atoms with Gasteiger partial charge < -0.3 is 10.1 Å². The van der Waals surface area contributed by atoms with Gasteiger partial charge in [-0.3, -0.25) is 9.48 Å². The molecular formula is C19H20N4O2. The molecule has 1 heterocycles. The second-order valence-corrected chi connectivity index (χ2v) is 5.68. The van der Waals surface area contributed by atoms with Gasteiger partial charge in [0.2, 0.25) is 5.91 Å². The van der Waals surface area contributed by atoms with E-state index in [1.54, 1.807) is 11.0 Å². The number of ether oxygens (including phenoxy) is 1. The standard InChI is InChI=1S/C19H20N4O2/c1-15(22-19(24)11-12-23-14-20-13-21-23)16-7-9-18(10-8-16)25-17-5-3-2-4-6-17/h2-10,13-15H,11-12H2,1H3,(H,22,24). The van der Waals surface area contributed by atoms with E-state index >= 15 is 0 Å². The molecule has 0 bridgehead atoms. The molecule has 6 nitrogen and oxygen atoms in total. The molecule has 0 aliphatic heterocycles. The molecule has 0 aliphatic carbocycles. The van der Waals surface area contributed by atoms with Gasteiger partial charge in [-0.2, -0.15) is 5.10 Å². The Morgan fingerprint density at radius 3 is 2.52 bits per heavy atom. The van der Waals surface area contributed by atoms with Crippen molar-refractivity contribution < 1.29 is 9.53 Å². The van der Waals surface area contributed by atoms with E-state index in [-0.39, 0.29) is 11.9 Å². The fraction of sp³-hybridized carbons (Fsp3) is 0.211. The zero-order valence-electron chi connectivity index (χ0n) is 14.0. The van der Waals surface area contributed by atoms with Gasteiger partial charge in [-0.15, -0.1) is 0 Å². The van der Waals surface area contributed by atoms with E-state index in [0.717, 1.165) is 17.1 Å². The molecule has 25 heavy (non-hydrogen) atoms. The summed E-state index contributed by atoms with van der Waals surface area (Å²) in [5.74, 6) is 1.54. The minimum absolute atomic E-state index is 0.0207. The minimum atomic E-state index is -0.0750. The number of para-hydroxylation sites is 1. The van der Waals surface area contributed by atoms with Crippen LogP contribution in [-0.2, 0) is 11.3 Å². The Morgan fingerprint density at radius 2 is 1.84 bits per heavy atom. The molecule has 0 saturated heterocycles. The van der Waals surface area contributed by atoms with Crippen molar-refractivity contribution in [2.45, 2.75) is 25.9 Å². The molecule has 6 heteroatoms. The Balaban J connectivity index is 1.51. The van der Waals surface area contributed by atoms with E-state index < -0.39 is 0 Å². The monoisotopic (exact) mass is 336 g/mol. The third kappa shape index (κ3) is 4.91. The number of carbonyl (C=O) groups excluding carboxylic acids is 1. The predicted molar refractivity (Wildman–Crippen MR) is 94.2 cm³/mol. The van der Waals surface area contributed by atoms with Gasteiger partial charge in [0.1, 0.15) is 24.2 Å². The van der Waals surface area contributed by atoms with E-state index in [4.69, 9.17) is 4.74 Å². The van der Waals surface area contributed by atoms with E-state index in [1.807, 2.05) is 61.5 Å². The number of hydrogen-bond acceptors (Lipinski definition) is 4. The lowest BCUT2D eigenvalue weighted by Gasteiger charge is -2.15. The van der Waals surface area contributed by atoms with Gasteiger partial charge in [0.15, 0.2) is 0 Å². The Morgan fingerprint density at radius 1 is 1.12 bits per heavy atom. The Hall–Kier alpha value is -3.15. The minimum Gasteiger partial charge on any atom is -0.457 e. The van der Waals surface area contributed by atoms with Crippen LogP contribution in [0.5, 0.6) is 11.5 Å². The molecule has 0 spiro atoms. The maximum absolute atomic E-state index is 12.0. The summed E-state index contributed by atoms with van der Waals surface area (Å²) in [6.07, 6.45) is 3.42. The molecule has 3 aromatic rings.